The van der Waals surface area contributed by atoms with E-state index >= 15 is 4.39 Å². The van der Waals surface area contributed by atoms with Crippen LogP contribution >= 0.6 is 0 Å². The van der Waals surface area contributed by atoms with Crippen LogP contribution in [0.4, 0.5) is 9.18 Å². The van der Waals surface area contributed by atoms with Gasteiger partial charge < -0.3 is 29.7 Å². The van der Waals surface area contributed by atoms with Crippen molar-refractivity contribution in [3.63, 3.8) is 0 Å². The van der Waals surface area contributed by atoms with E-state index in [1.807, 2.05) is 24.6 Å². The van der Waals surface area contributed by atoms with Crippen molar-refractivity contribution in [2.45, 2.75) is 134 Å². The van der Waals surface area contributed by atoms with Crippen LogP contribution in [0.2, 0.25) is 0 Å². The molecule has 6 rings (SSSR count). The molecule has 1 aromatic heterocycles. The Bertz CT molecular complexity index is 2140. The number of ether oxygens (including phenoxy) is 3. The van der Waals surface area contributed by atoms with Gasteiger partial charge in [0, 0.05) is 28.0 Å². The number of allylic oxidation sites excluding steroid dienone is 1. The third-order valence-electron chi connectivity index (χ3n) is 11.3. The lowest BCUT2D eigenvalue weighted by Gasteiger charge is -2.34. The van der Waals surface area contributed by atoms with Crippen LogP contribution in [0.15, 0.2) is 36.5 Å². The number of benzene rings is 1. The first-order valence-corrected chi connectivity index (χ1v) is 21.3. The molecule has 4 aliphatic rings. The van der Waals surface area contributed by atoms with Gasteiger partial charge in [0.05, 0.1) is 17.9 Å². The average molecular weight is 817 g/mol. The average Bonchev–Trinajstić information content (AvgIpc) is 4.06. The maximum atomic E-state index is 15.1. The van der Waals surface area contributed by atoms with Crippen LogP contribution in [0.1, 0.15) is 104 Å². The number of hydrogen-bond acceptors (Lipinski definition) is 10. The Hall–Kier alpha value is -4.47. The van der Waals surface area contributed by atoms with Gasteiger partial charge in [-0.15, -0.1) is 0 Å². The fourth-order valence-electron chi connectivity index (χ4n) is 7.83. The highest BCUT2D eigenvalue weighted by Gasteiger charge is 2.63. The summed E-state index contributed by atoms with van der Waals surface area (Å²) in [5.41, 5.74) is -2.67. The van der Waals surface area contributed by atoms with Gasteiger partial charge in [-0.2, -0.15) is 0 Å². The van der Waals surface area contributed by atoms with Gasteiger partial charge in [0.15, 0.2) is 11.6 Å². The fraction of sp³-hybridized carbons (Fsp3) is 0.634. The van der Waals surface area contributed by atoms with E-state index in [0.29, 0.717) is 36.5 Å². The SMILES string of the molecule is [2H]C([2H])([2H])C1(S(=O)(=O)NC(=O)[C@@]23C[C@H]2/C=C\CC[C@@H](C)C[C@@H](CC)[C@H](NC(=O)OC(C)(C)C)C(=O)N2C[C@H](Oc4nccc5cc(OCC)c(F)cc45)C[C@H]2C(=O)N3)CC1. The molecule has 4 amide bonds. The number of carbonyl (C=O) groups is 4. The minimum atomic E-state index is -4.71. The highest BCUT2D eigenvalue weighted by Crippen LogP contribution is 2.47. The second-order valence-electron chi connectivity index (χ2n) is 16.9. The lowest BCUT2D eigenvalue weighted by atomic mass is 9.85. The second-order valence-corrected chi connectivity index (χ2v) is 18.9. The van der Waals surface area contributed by atoms with Crippen LogP contribution < -0.4 is 24.8 Å². The zero-order chi connectivity index (χ0) is 44.0. The van der Waals surface area contributed by atoms with Crippen LogP contribution in [-0.4, -0.2) is 89.3 Å². The predicted molar refractivity (Wildman–Crippen MR) is 210 cm³/mol. The third-order valence-corrected chi connectivity index (χ3v) is 13.1. The number of amides is 4. The molecule has 0 bridgehead atoms. The van der Waals surface area contributed by atoms with E-state index in [-0.39, 0.29) is 62.3 Å². The molecule has 14 nitrogen and oxygen atoms in total. The summed E-state index contributed by atoms with van der Waals surface area (Å²) in [6, 6.07) is 1.97. The summed E-state index contributed by atoms with van der Waals surface area (Å²) in [5, 5.41) is 6.45. The maximum Gasteiger partial charge on any atom is 0.408 e. The number of nitrogens with one attached hydrogen (secondary N) is 3. The van der Waals surface area contributed by atoms with Gasteiger partial charge in [-0.05, 0) is 108 Å². The molecule has 3 heterocycles. The van der Waals surface area contributed by atoms with Gasteiger partial charge in [0.2, 0.25) is 27.7 Å². The topological polar surface area (TPSA) is 182 Å². The summed E-state index contributed by atoms with van der Waals surface area (Å²) >= 11 is 0. The number of halogens is 1. The molecule has 2 aliphatic carbocycles. The van der Waals surface area contributed by atoms with Crippen molar-refractivity contribution < 1.29 is 50.3 Å². The smallest absolute Gasteiger partial charge is 0.408 e. The molecule has 1 aromatic carbocycles. The Balaban J connectivity index is 1.37. The van der Waals surface area contributed by atoms with Gasteiger partial charge in [-0.3, -0.25) is 19.1 Å². The van der Waals surface area contributed by atoms with Crippen molar-refractivity contribution in [2.24, 2.45) is 17.8 Å². The number of pyridine rings is 1. The molecule has 0 unspecified atom stereocenters. The molecule has 7 atom stereocenters. The Morgan fingerprint density at radius 1 is 1.18 bits per heavy atom. The summed E-state index contributed by atoms with van der Waals surface area (Å²) in [4.78, 5) is 62.7. The zero-order valence-electron chi connectivity index (χ0n) is 36.4. The predicted octanol–water partition coefficient (Wildman–Crippen LogP) is 5.29. The molecule has 2 saturated carbocycles. The number of carbonyl (C=O) groups excluding carboxylic acids is 4. The van der Waals surface area contributed by atoms with Crippen molar-refractivity contribution in [1.29, 1.82) is 0 Å². The van der Waals surface area contributed by atoms with Gasteiger partial charge in [0.25, 0.3) is 5.91 Å². The van der Waals surface area contributed by atoms with Crippen LogP contribution in [0.3, 0.4) is 0 Å². The second kappa shape index (κ2) is 16.1. The van der Waals surface area contributed by atoms with Crippen molar-refractivity contribution in [1.82, 2.24) is 25.2 Å². The number of fused-ring (bicyclic) bond motifs is 3. The van der Waals surface area contributed by atoms with Gasteiger partial charge in [-0.1, -0.05) is 32.4 Å². The highest BCUT2D eigenvalue weighted by atomic mass is 32.2. The first-order valence-electron chi connectivity index (χ1n) is 21.3. The summed E-state index contributed by atoms with van der Waals surface area (Å²) in [7, 11) is -4.71. The largest absolute Gasteiger partial charge is 0.491 e. The monoisotopic (exact) mass is 816 g/mol. The van der Waals surface area contributed by atoms with Crippen LogP contribution in [0.25, 0.3) is 10.8 Å². The number of rotatable bonds is 9. The Kier molecular flexibility index (Phi) is 10.7. The zero-order valence-corrected chi connectivity index (χ0v) is 34.2. The number of hydrogen-bond donors (Lipinski definition) is 3. The molecule has 312 valence electrons. The Labute approximate surface area is 338 Å². The number of alkyl carbamates (subject to hydrolysis) is 1. The summed E-state index contributed by atoms with van der Waals surface area (Å²) < 4.78 is 83.0. The molecule has 16 heteroatoms. The lowest BCUT2D eigenvalue weighted by molar-refractivity contribution is -0.142. The molecule has 0 radical (unpaired) electrons. The minimum absolute atomic E-state index is 0.0173. The molecule has 2 aliphatic heterocycles. The molecule has 57 heavy (non-hydrogen) atoms. The van der Waals surface area contributed by atoms with E-state index in [0.717, 1.165) is 0 Å². The van der Waals surface area contributed by atoms with Gasteiger partial charge in [0.1, 0.15) is 29.3 Å². The standard InChI is InChI=1S/C41H56FN5O9S/c1-8-25-18-24(3)12-10-11-13-27-22-41(27,37(50)46-57(52,53)40(7)15-16-40)45-34(48)31-20-28(23-47(31)36(49)33(25)44-38(51)56-39(4,5)6)55-35-29-21-30(42)32(54-9-2)19-26(29)14-17-43-35/h11,13-14,17,19,21,24-25,27-28,31,33H,8-10,12,15-16,18,20,22-23H2,1-7H3,(H,44,51)(H,45,48)(H,46,50)/b13-11-/t24-,25-,27-,28-,31+,33+,41-/m1/s1/i7D3. The van der Waals surface area contributed by atoms with Crippen LogP contribution in [0.5, 0.6) is 11.6 Å². The lowest BCUT2D eigenvalue weighted by Crippen LogP contribution is -2.59. The van der Waals surface area contributed by atoms with E-state index in [1.54, 1.807) is 39.8 Å². The van der Waals surface area contributed by atoms with Crippen molar-refractivity contribution in [2.75, 3.05) is 13.2 Å². The molecule has 2 aromatic rings. The van der Waals surface area contributed by atoms with Gasteiger partial charge >= 0.3 is 6.09 Å². The highest BCUT2D eigenvalue weighted by molar-refractivity contribution is 7.91. The van der Waals surface area contributed by atoms with E-state index in [2.05, 4.69) is 15.6 Å². The maximum absolute atomic E-state index is 15.1. The quantitative estimate of drug-likeness (QED) is 0.282. The van der Waals surface area contributed by atoms with E-state index in [1.165, 1.54) is 23.2 Å². The molecular weight excluding hydrogens is 758 g/mol. The summed E-state index contributed by atoms with van der Waals surface area (Å²) in [6.45, 7) is 7.94. The molecule has 1 saturated heterocycles. The Morgan fingerprint density at radius 3 is 2.60 bits per heavy atom. The van der Waals surface area contributed by atoms with Crippen molar-refractivity contribution in [3.05, 3.63) is 42.4 Å². The molecular formula is C41H56FN5O9S. The molecule has 3 N–H and O–H groups in total. The fourth-order valence-corrected chi connectivity index (χ4v) is 9.09. The number of nitrogens with zero attached hydrogens (tertiary/aromatic N) is 2. The normalized spacial score (nSPS) is 30.4. The summed E-state index contributed by atoms with van der Waals surface area (Å²) in [5.74, 6) is -3.98. The number of sulfonamides is 1. The van der Waals surface area contributed by atoms with Crippen molar-refractivity contribution >= 4 is 44.6 Å². The van der Waals surface area contributed by atoms with Crippen molar-refractivity contribution in [3.8, 4) is 11.6 Å². The Morgan fingerprint density at radius 2 is 1.93 bits per heavy atom. The van der Waals surface area contributed by atoms with E-state index < -0.39 is 86.5 Å². The first kappa shape index (κ1) is 38.1. The minimum Gasteiger partial charge on any atom is -0.491 e. The molecule has 3 fully saturated rings. The van der Waals surface area contributed by atoms with E-state index in [9.17, 15) is 27.6 Å². The van der Waals surface area contributed by atoms with Crippen LogP contribution in [0, 0.1) is 23.6 Å². The van der Waals surface area contributed by atoms with Crippen LogP contribution in [-0.2, 0) is 29.1 Å². The van der Waals surface area contributed by atoms with Gasteiger partial charge in [-0.25, -0.2) is 22.6 Å². The third kappa shape index (κ3) is 9.15. The number of aromatic nitrogens is 1. The first-order chi connectivity index (χ1) is 28.0. The van der Waals surface area contributed by atoms with E-state index in [4.69, 9.17) is 18.3 Å². The molecule has 0 spiro atoms. The summed E-state index contributed by atoms with van der Waals surface area (Å²) in [6.07, 6.45) is 5.24.